The summed E-state index contributed by atoms with van der Waals surface area (Å²) in [6.07, 6.45) is 0. The average molecular weight is 439 g/mol. The van der Waals surface area contributed by atoms with Crippen molar-refractivity contribution in [3.8, 4) is 0 Å². The summed E-state index contributed by atoms with van der Waals surface area (Å²) in [7, 11) is 0. The van der Waals surface area contributed by atoms with Crippen molar-refractivity contribution in [3.05, 3.63) is 99.5 Å². The first-order valence-corrected chi connectivity index (χ1v) is 10.4. The Bertz CT molecular complexity index is 1080. The average Bonchev–Trinajstić information content (AvgIpc) is 2.75. The third-order valence-corrected chi connectivity index (χ3v) is 5.72. The first kappa shape index (κ1) is 20.5. The zero-order valence-electron chi connectivity index (χ0n) is 16.3. The summed E-state index contributed by atoms with van der Waals surface area (Å²) < 4.78 is 0. The molecule has 1 aliphatic rings. The monoisotopic (exact) mass is 438 g/mol. The Hall–Kier alpha value is -2.82. The molecule has 0 saturated carbocycles. The van der Waals surface area contributed by atoms with Crippen LogP contribution in [0.4, 0.5) is 5.69 Å². The van der Waals surface area contributed by atoms with Crippen LogP contribution in [0.25, 0.3) is 0 Å². The molecule has 152 valence electrons. The molecule has 0 fully saturated rings. The lowest BCUT2D eigenvalue weighted by Gasteiger charge is -2.39. The molecule has 0 spiro atoms. The zero-order chi connectivity index (χ0) is 21.3. The summed E-state index contributed by atoms with van der Waals surface area (Å²) in [5.74, 6) is -0.304. The summed E-state index contributed by atoms with van der Waals surface area (Å²) in [4.78, 5) is 27.8. The van der Waals surface area contributed by atoms with Gasteiger partial charge >= 0.3 is 0 Å². The Morgan fingerprint density at radius 3 is 2.23 bits per heavy atom. The molecular formula is C24H20Cl2N2O2. The Kier molecular flexibility index (Phi) is 5.80. The molecule has 4 rings (SSSR count). The van der Waals surface area contributed by atoms with E-state index in [1.54, 1.807) is 23.1 Å². The molecule has 3 aromatic rings. The van der Waals surface area contributed by atoms with Gasteiger partial charge in [0, 0.05) is 33.4 Å². The van der Waals surface area contributed by atoms with Crippen LogP contribution < -0.4 is 10.2 Å². The minimum atomic E-state index is -0.256. The summed E-state index contributed by atoms with van der Waals surface area (Å²) in [6.45, 7) is 2.52. The Morgan fingerprint density at radius 1 is 0.900 bits per heavy atom. The summed E-state index contributed by atoms with van der Waals surface area (Å²) in [5.41, 5.74) is 2.75. The fraction of sp³-hybridized carbons (Fsp3) is 0.167. The van der Waals surface area contributed by atoms with Crippen LogP contribution in [-0.2, 0) is 0 Å². The number of hydrogen-bond donors (Lipinski definition) is 1. The summed E-state index contributed by atoms with van der Waals surface area (Å²) in [6, 6.07) is 21.4. The second-order valence-electron chi connectivity index (χ2n) is 7.43. The van der Waals surface area contributed by atoms with Crippen molar-refractivity contribution in [2.24, 2.45) is 5.92 Å². The Balaban J connectivity index is 1.65. The van der Waals surface area contributed by atoms with Crippen LogP contribution in [0.3, 0.4) is 0 Å². The number of carbonyl (C=O) groups excluding carboxylic acids is 2. The van der Waals surface area contributed by atoms with E-state index in [9.17, 15) is 9.59 Å². The van der Waals surface area contributed by atoms with E-state index in [2.05, 4.69) is 5.32 Å². The number of rotatable bonds is 3. The quantitative estimate of drug-likeness (QED) is 0.564. The smallest absolute Gasteiger partial charge is 0.258 e. The maximum Gasteiger partial charge on any atom is 0.258 e. The van der Waals surface area contributed by atoms with Crippen LogP contribution in [0, 0.1) is 5.92 Å². The van der Waals surface area contributed by atoms with Gasteiger partial charge in [-0.2, -0.15) is 0 Å². The van der Waals surface area contributed by atoms with Crippen LogP contribution in [0.1, 0.15) is 39.2 Å². The lowest BCUT2D eigenvalue weighted by molar-refractivity contribution is 0.0919. The summed E-state index contributed by atoms with van der Waals surface area (Å²) >= 11 is 12.1. The molecule has 0 radical (unpaired) electrons. The lowest BCUT2D eigenvalue weighted by atomic mass is 9.87. The van der Waals surface area contributed by atoms with Gasteiger partial charge in [0.25, 0.3) is 11.8 Å². The maximum atomic E-state index is 13.1. The zero-order valence-corrected chi connectivity index (χ0v) is 17.8. The third kappa shape index (κ3) is 4.07. The number of amides is 2. The molecule has 4 nitrogen and oxygen atoms in total. The molecule has 2 atom stereocenters. The number of carbonyl (C=O) groups is 2. The summed E-state index contributed by atoms with van der Waals surface area (Å²) in [5, 5.41) is 3.91. The van der Waals surface area contributed by atoms with Crippen LogP contribution in [0.2, 0.25) is 10.0 Å². The Morgan fingerprint density at radius 2 is 1.53 bits per heavy atom. The van der Waals surface area contributed by atoms with Crippen molar-refractivity contribution in [2.75, 3.05) is 11.4 Å². The van der Waals surface area contributed by atoms with Gasteiger partial charge in [-0.15, -0.1) is 0 Å². The van der Waals surface area contributed by atoms with Crippen LogP contribution in [0.15, 0.2) is 72.8 Å². The number of benzene rings is 3. The van der Waals surface area contributed by atoms with Gasteiger partial charge in [0.15, 0.2) is 0 Å². The van der Waals surface area contributed by atoms with E-state index in [0.717, 1.165) is 11.3 Å². The van der Waals surface area contributed by atoms with E-state index in [0.29, 0.717) is 27.7 Å². The maximum absolute atomic E-state index is 13.1. The van der Waals surface area contributed by atoms with Gasteiger partial charge < -0.3 is 10.2 Å². The number of para-hydroxylation sites is 1. The number of fused-ring (bicyclic) bond motifs is 1. The number of nitrogens with one attached hydrogen (secondary N) is 1. The molecule has 1 aliphatic heterocycles. The number of halogens is 2. The molecule has 1 N–H and O–H groups in total. The molecule has 0 saturated heterocycles. The molecule has 1 heterocycles. The normalized spacial score (nSPS) is 17.9. The molecule has 0 bridgehead atoms. The second-order valence-corrected chi connectivity index (χ2v) is 8.30. The number of anilines is 1. The van der Waals surface area contributed by atoms with Crippen molar-refractivity contribution in [2.45, 2.75) is 13.0 Å². The van der Waals surface area contributed by atoms with E-state index >= 15 is 0 Å². The van der Waals surface area contributed by atoms with Crippen molar-refractivity contribution in [1.82, 2.24) is 5.32 Å². The van der Waals surface area contributed by atoms with Gasteiger partial charge in [0.05, 0.1) is 6.04 Å². The van der Waals surface area contributed by atoms with Crippen molar-refractivity contribution >= 4 is 40.7 Å². The van der Waals surface area contributed by atoms with Crippen molar-refractivity contribution in [3.63, 3.8) is 0 Å². The van der Waals surface area contributed by atoms with Gasteiger partial charge in [0.2, 0.25) is 0 Å². The Labute approximate surface area is 185 Å². The minimum Gasteiger partial charge on any atom is -0.345 e. The highest BCUT2D eigenvalue weighted by Gasteiger charge is 2.34. The van der Waals surface area contributed by atoms with Crippen molar-refractivity contribution < 1.29 is 9.59 Å². The number of nitrogens with zero attached hydrogens (tertiary/aromatic N) is 1. The minimum absolute atomic E-state index is 0.00571. The largest absolute Gasteiger partial charge is 0.345 e. The second kappa shape index (κ2) is 8.50. The number of hydrogen-bond acceptors (Lipinski definition) is 2. The topological polar surface area (TPSA) is 49.4 Å². The molecular weight excluding hydrogens is 419 g/mol. The molecule has 2 unspecified atom stereocenters. The molecule has 6 heteroatoms. The highest BCUT2D eigenvalue weighted by Crippen LogP contribution is 2.38. The van der Waals surface area contributed by atoms with Crippen LogP contribution in [0.5, 0.6) is 0 Å². The van der Waals surface area contributed by atoms with E-state index in [1.165, 1.54) is 0 Å². The van der Waals surface area contributed by atoms with Gasteiger partial charge in [-0.25, -0.2) is 0 Å². The molecule has 30 heavy (non-hydrogen) atoms. The van der Waals surface area contributed by atoms with Gasteiger partial charge in [0.1, 0.15) is 0 Å². The third-order valence-electron chi connectivity index (χ3n) is 5.28. The van der Waals surface area contributed by atoms with E-state index < -0.39 is 0 Å². The first-order chi connectivity index (χ1) is 14.4. The van der Waals surface area contributed by atoms with Gasteiger partial charge in [-0.05, 0) is 47.9 Å². The molecule has 0 aliphatic carbocycles. The highest BCUT2D eigenvalue weighted by molar-refractivity contribution is 6.35. The van der Waals surface area contributed by atoms with Crippen molar-refractivity contribution in [1.29, 1.82) is 0 Å². The fourth-order valence-corrected chi connectivity index (χ4v) is 4.38. The molecule has 3 aromatic carbocycles. The van der Waals surface area contributed by atoms with Crippen LogP contribution >= 0.6 is 23.2 Å². The fourth-order valence-electron chi connectivity index (χ4n) is 3.85. The van der Waals surface area contributed by atoms with E-state index in [4.69, 9.17) is 23.2 Å². The van der Waals surface area contributed by atoms with Gasteiger partial charge in [-0.1, -0.05) is 66.5 Å². The molecule has 0 aromatic heterocycles. The van der Waals surface area contributed by atoms with Crippen LogP contribution in [-0.4, -0.2) is 18.4 Å². The standard InChI is InChI=1S/C24H20Cl2N2O2/c1-15-14-28(24(30)16-7-3-2-4-8-16)21-10-6-5-9-20(21)22(15)27-23(29)17-11-18(25)13-19(26)12-17/h2-13,15,22H,14H2,1H3,(H,27,29). The first-order valence-electron chi connectivity index (χ1n) is 9.67. The SMILES string of the molecule is CC1CN(C(=O)c2ccccc2)c2ccccc2C1NC(=O)c1cc(Cl)cc(Cl)c1. The van der Waals surface area contributed by atoms with Gasteiger partial charge in [-0.3, -0.25) is 9.59 Å². The predicted molar refractivity (Wildman–Crippen MR) is 120 cm³/mol. The predicted octanol–water partition coefficient (Wildman–Crippen LogP) is 5.76. The lowest BCUT2D eigenvalue weighted by Crippen LogP contribution is -2.45. The van der Waals surface area contributed by atoms with E-state index in [-0.39, 0.29) is 23.8 Å². The molecule has 2 amide bonds. The van der Waals surface area contributed by atoms with E-state index in [1.807, 2.05) is 61.5 Å². The highest BCUT2D eigenvalue weighted by atomic mass is 35.5.